The van der Waals surface area contributed by atoms with Crippen molar-refractivity contribution in [3.63, 3.8) is 0 Å². The van der Waals surface area contributed by atoms with Crippen LogP contribution in [0, 0.1) is 5.82 Å². The van der Waals surface area contributed by atoms with Gasteiger partial charge in [-0.15, -0.1) is 11.8 Å². The predicted octanol–water partition coefficient (Wildman–Crippen LogP) is 5.78. The highest BCUT2D eigenvalue weighted by molar-refractivity contribution is 7.99. The number of fused-ring (bicyclic) bond motifs is 1. The molecule has 0 bridgehead atoms. The first-order chi connectivity index (χ1) is 13.6. The first kappa shape index (κ1) is 18.7. The first-order valence-electron chi connectivity index (χ1n) is 9.25. The highest BCUT2D eigenvalue weighted by atomic mass is 32.2. The number of methoxy groups -OCH3 is 1. The zero-order valence-corrected chi connectivity index (χ0v) is 16.5. The number of thioether (sulfide) groups is 1. The van der Waals surface area contributed by atoms with Crippen LogP contribution in [0.25, 0.3) is 0 Å². The Morgan fingerprint density at radius 1 is 1.11 bits per heavy atom. The number of anilines is 1. The van der Waals surface area contributed by atoms with E-state index in [1.54, 1.807) is 43.1 Å². The first-order valence-corrected chi connectivity index (χ1v) is 10.1. The molecule has 1 N–H and O–H groups in total. The number of phenols is 1. The lowest BCUT2D eigenvalue weighted by Gasteiger charge is -2.25. The van der Waals surface area contributed by atoms with E-state index in [2.05, 4.69) is 17.0 Å². The number of hydrogen-bond donors (Lipinski definition) is 1. The molecule has 0 unspecified atom stereocenters. The van der Waals surface area contributed by atoms with Crippen LogP contribution in [0.2, 0.25) is 0 Å². The monoisotopic (exact) mass is 395 g/mol. The molecule has 0 fully saturated rings. The second-order valence-electron chi connectivity index (χ2n) is 6.87. The quantitative estimate of drug-likeness (QED) is 0.607. The summed E-state index contributed by atoms with van der Waals surface area (Å²) in [4.78, 5) is 3.47. The molecule has 0 aliphatic carbocycles. The van der Waals surface area contributed by atoms with Crippen molar-refractivity contribution in [1.29, 1.82) is 0 Å². The van der Waals surface area contributed by atoms with Gasteiger partial charge in [0.15, 0.2) is 0 Å². The molecule has 5 heteroatoms. The van der Waals surface area contributed by atoms with E-state index < -0.39 is 0 Å². The lowest BCUT2D eigenvalue weighted by molar-refractivity contribution is 0.413. The van der Waals surface area contributed by atoms with Gasteiger partial charge < -0.3 is 14.7 Å². The van der Waals surface area contributed by atoms with Gasteiger partial charge in [0.2, 0.25) is 0 Å². The summed E-state index contributed by atoms with van der Waals surface area (Å²) in [5.74, 6) is 0.886. The van der Waals surface area contributed by atoms with Gasteiger partial charge in [0, 0.05) is 23.2 Å². The van der Waals surface area contributed by atoms with Crippen LogP contribution in [-0.4, -0.2) is 18.8 Å². The van der Waals surface area contributed by atoms with Crippen molar-refractivity contribution in [2.45, 2.75) is 23.1 Å². The van der Waals surface area contributed by atoms with Crippen LogP contribution in [0.15, 0.2) is 71.6 Å². The average molecular weight is 395 g/mol. The minimum atomic E-state index is -0.200. The molecule has 0 spiro atoms. The van der Waals surface area contributed by atoms with Gasteiger partial charge in [-0.25, -0.2) is 4.39 Å². The molecule has 0 aromatic heterocycles. The largest absolute Gasteiger partial charge is 0.508 e. The SMILES string of the molecule is COc1ccc2c(c1)S[C@@H](c1cccc(F)c1)CCN2Cc1ccc(O)cc1. The smallest absolute Gasteiger partial charge is 0.123 e. The van der Waals surface area contributed by atoms with Crippen molar-refractivity contribution < 1.29 is 14.2 Å². The Balaban J connectivity index is 1.67. The summed E-state index contributed by atoms with van der Waals surface area (Å²) in [6, 6.07) is 20.3. The van der Waals surface area contributed by atoms with Crippen molar-refractivity contribution in [1.82, 2.24) is 0 Å². The standard InChI is InChI=1S/C23H22FNO2S/c1-27-20-9-10-21-23(14-20)28-22(17-3-2-4-18(24)13-17)11-12-25(21)15-16-5-7-19(26)8-6-16/h2-10,13-14,22,26H,11-12,15H2,1H3/t22-/m1/s1. The van der Waals surface area contributed by atoms with Gasteiger partial charge in [-0.05, 0) is 60.0 Å². The Morgan fingerprint density at radius 2 is 1.93 bits per heavy atom. The molecule has 0 amide bonds. The van der Waals surface area contributed by atoms with Gasteiger partial charge in [0.1, 0.15) is 17.3 Å². The van der Waals surface area contributed by atoms with E-state index in [1.165, 1.54) is 6.07 Å². The highest BCUT2D eigenvalue weighted by Gasteiger charge is 2.24. The summed E-state index contributed by atoms with van der Waals surface area (Å²) in [5, 5.41) is 9.72. The summed E-state index contributed by atoms with van der Waals surface area (Å²) in [6.45, 7) is 1.60. The summed E-state index contributed by atoms with van der Waals surface area (Å²) < 4.78 is 19.2. The Hall–Kier alpha value is -2.66. The molecule has 0 radical (unpaired) electrons. The second-order valence-corrected chi connectivity index (χ2v) is 8.12. The zero-order chi connectivity index (χ0) is 19.5. The molecular formula is C23H22FNO2S. The normalized spacial score (nSPS) is 16.4. The van der Waals surface area contributed by atoms with Crippen LogP contribution >= 0.6 is 11.8 Å². The fourth-order valence-corrected chi connectivity index (χ4v) is 4.82. The van der Waals surface area contributed by atoms with Gasteiger partial charge in [-0.1, -0.05) is 24.3 Å². The lowest BCUT2D eigenvalue weighted by atomic mass is 10.1. The molecule has 0 saturated carbocycles. The van der Waals surface area contributed by atoms with Crippen molar-refractivity contribution in [3.8, 4) is 11.5 Å². The van der Waals surface area contributed by atoms with Gasteiger partial charge in [-0.3, -0.25) is 0 Å². The topological polar surface area (TPSA) is 32.7 Å². The molecule has 1 heterocycles. The van der Waals surface area contributed by atoms with Crippen LogP contribution in [0.4, 0.5) is 10.1 Å². The molecular weight excluding hydrogens is 373 g/mol. The molecule has 1 aliphatic heterocycles. The Kier molecular flexibility index (Phi) is 5.44. The summed E-state index contributed by atoms with van der Waals surface area (Å²) in [5.41, 5.74) is 3.29. The minimum Gasteiger partial charge on any atom is -0.508 e. The highest BCUT2D eigenvalue weighted by Crippen LogP contribution is 2.46. The molecule has 3 nitrogen and oxygen atoms in total. The molecule has 4 rings (SSSR count). The summed E-state index contributed by atoms with van der Waals surface area (Å²) in [7, 11) is 1.67. The number of nitrogens with zero attached hydrogens (tertiary/aromatic N) is 1. The Morgan fingerprint density at radius 3 is 2.68 bits per heavy atom. The van der Waals surface area contributed by atoms with E-state index in [9.17, 15) is 9.50 Å². The second kappa shape index (κ2) is 8.15. The van der Waals surface area contributed by atoms with Gasteiger partial charge in [-0.2, -0.15) is 0 Å². The minimum absolute atomic E-state index is 0.173. The molecule has 1 aliphatic rings. The Bertz CT molecular complexity index is 961. The van der Waals surface area contributed by atoms with Crippen LogP contribution in [-0.2, 0) is 6.54 Å². The van der Waals surface area contributed by atoms with Gasteiger partial charge in [0.05, 0.1) is 12.8 Å². The Labute approximate surface area is 168 Å². The summed E-state index contributed by atoms with van der Waals surface area (Å²) in [6.07, 6.45) is 0.906. The fourth-order valence-electron chi connectivity index (χ4n) is 3.51. The molecule has 0 saturated heterocycles. The van der Waals surface area contributed by atoms with E-state index in [4.69, 9.17) is 4.74 Å². The third-order valence-electron chi connectivity index (χ3n) is 4.97. The summed E-state index contributed by atoms with van der Waals surface area (Å²) >= 11 is 1.76. The number of phenolic OH excluding ortho intramolecular Hbond substituents is 1. The van der Waals surface area contributed by atoms with Crippen molar-refractivity contribution >= 4 is 17.4 Å². The molecule has 28 heavy (non-hydrogen) atoms. The zero-order valence-electron chi connectivity index (χ0n) is 15.6. The number of halogens is 1. The van der Waals surface area contributed by atoms with Crippen LogP contribution in [0.1, 0.15) is 22.8 Å². The maximum Gasteiger partial charge on any atom is 0.123 e. The van der Waals surface area contributed by atoms with E-state index in [-0.39, 0.29) is 16.8 Å². The van der Waals surface area contributed by atoms with Crippen molar-refractivity contribution in [2.75, 3.05) is 18.6 Å². The van der Waals surface area contributed by atoms with Crippen molar-refractivity contribution in [3.05, 3.63) is 83.7 Å². The van der Waals surface area contributed by atoms with Crippen LogP contribution in [0.5, 0.6) is 11.5 Å². The molecule has 144 valence electrons. The number of ether oxygens (including phenoxy) is 1. The van der Waals surface area contributed by atoms with Crippen molar-refractivity contribution in [2.24, 2.45) is 0 Å². The number of hydrogen-bond acceptors (Lipinski definition) is 4. The van der Waals surface area contributed by atoms with E-state index >= 15 is 0 Å². The van der Waals surface area contributed by atoms with Crippen LogP contribution < -0.4 is 9.64 Å². The third kappa shape index (κ3) is 4.09. The maximum absolute atomic E-state index is 13.8. The van der Waals surface area contributed by atoms with Gasteiger partial charge in [0.25, 0.3) is 0 Å². The van der Waals surface area contributed by atoms with E-state index in [0.717, 1.165) is 47.0 Å². The number of aromatic hydroxyl groups is 1. The third-order valence-corrected chi connectivity index (χ3v) is 6.34. The van der Waals surface area contributed by atoms with Crippen LogP contribution in [0.3, 0.4) is 0 Å². The molecule has 1 atom stereocenters. The average Bonchev–Trinajstić information content (AvgIpc) is 2.89. The fraction of sp³-hybridized carbons (Fsp3) is 0.217. The maximum atomic E-state index is 13.8. The lowest BCUT2D eigenvalue weighted by Crippen LogP contribution is -2.23. The number of benzene rings is 3. The predicted molar refractivity (Wildman–Crippen MR) is 112 cm³/mol. The molecule has 3 aromatic carbocycles. The van der Waals surface area contributed by atoms with Gasteiger partial charge >= 0.3 is 0 Å². The van der Waals surface area contributed by atoms with E-state index in [1.807, 2.05) is 24.3 Å². The molecule has 3 aromatic rings. The number of rotatable bonds is 4. The van der Waals surface area contributed by atoms with E-state index in [0.29, 0.717) is 0 Å².